The Bertz CT molecular complexity index is 3510. The lowest BCUT2D eigenvalue weighted by Gasteiger charge is -2.15. The van der Waals surface area contributed by atoms with Gasteiger partial charge in [-0.05, 0) is 149 Å². The summed E-state index contributed by atoms with van der Waals surface area (Å²) in [5, 5.41) is 2.64. The number of thiophene rings is 1. The average Bonchev–Trinajstić information content (AvgIpc) is 3.76. The zero-order valence-electron chi connectivity index (χ0n) is 37.8. The van der Waals surface area contributed by atoms with Crippen LogP contribution in [0, 0.1) is 13.8 Å². The minimum atomic E-state index is 0.946. The smallest absolute Gasteiger partial charge is 0.0708 e. The molecule has 0 atom stereocenters. The fraction of sp³-hybridized carbons (Fsp3) is 0.0952. The van der Waals surface area contributed by atoms with Crippen molar-refractivity contribution in [2.45, 2.75) is 39.5 Å². The van der Waals surface area contributed by atoms with Crippen LogP contribution in [0.2, 0.25) is 0 Å². The highest BCUT2D eigenvalue weighted by molar-refractivity contribution is 7.25. The quantitative estimate of drug-likeness (QED) is 0.123. The molecule has 0 aliphatic carbocycles. The highest BCUT2D eigenvalue weighted by Crippen LogP contribution is 2.38. The van der Waals surface area contributed by atoms with Gasteiger partial charge in [0, 0.05) is 55.5 Å². The van der Waals surface area contributed by atoms with Gasteiger partial charge in [-0.3, -0.25) is 15.0 Å². The summed E-state index contributed by atoms with van der Waals surface area (Å²) >= 11 is 1.85. The Labute approximate surface area is 397 Å². The van der Waals surface area contributed by atoms with E-state index in [0.717, 1.165) is 59.5 Å². The van der Waals surface area contributed by atoms with Crippen LogP contribution < -0.4 is 0 Å². The predicted molar refractivity (Wildman–Crippen MR) is 283 cm³/mol. The van der Waals surface area contributed by atoms with Crippen LogP contribution in [0.15, 0.2) is 213 Å². The van der Waals surface area contributed by atoms with E-state index >= 15 is 0 Å². The van der Waals surface area contributed by atoms with Gasteiger partial charge in [0.2, 0.25) is 0 Å². The van der Waals surface area contributed by atoms with Crippen molar-refractivity contribution >= 4 is 31.5 Å². The first-order chi connectivity index (χ1) is 33.0. The molecule has 11 aromatic rings. The molecule has 0 unspecified atom stereocenters. The molecule has 0 bridgehead atoms. The molecule has 67 heavy (non-hydrogen) atoms. The number of hydrogen-bond acceptors (Lipinski definition) is 4. The molecule has 0 saturated carbocycles. The second-order valence-electron chi connectivity index (χ2n) is 17.7. The Morgan fingerprint density at radius 2 is 0.866 bits per heavy atom. The maximum atomic E-state index is 4.84. The number of pyridine rings is 3. The summed E-state index contributed by atoms with van der Waals surface area (Å²) in [7, 11) is 0. The van der Waals surface area contributed by atoms with Crippen LogP contribution in [0.25, 0.3) is 87.3 Å². The van der Waals surface area contributed by atoms with E-state index in [0.29, 0.717) is 0 Å². The molecule has 0 aliphatic rings. The number of aryl methyl sites for hydroxylation is 6. The fourth-order valence-corrected chi connectivity index (χ4v) is 10.4. The molecule has 0 spiro atoms. The van der Waals surface area contributed by atoms with Crippen molar-refractivity contribution in [2.24, 2.45) is 0 Å². The van der Waals surface area contributed by atoms with Gasteiger partial charge in [-0.15, -0.1) is 11.3 Å². The summed E-state index contributed by atoms with van der Waals surface area (Å²) in [6.45, 7) is 4.19. The van der Waals surface area contributed by atoms with Gasteiger partial charge in [-0.2, -0.15) is 0 Å². The third-order valence-corrected chi connectivity index (χ3v) is 14.1. The SMILES string of the molecule is Cc1ccc(-c2ccc(CCc3cc(CCc4ccc(-c5cc(C)ccn5)cc4)cc(-c4ccccc4-c4ccc(-c5cc(-c6ccc7c(c6)sc6ccccc67)ccn5)cc4)c3)cc2)nc1. The number of fused-ring (bicyclic) bond motifs is 3. The van der Waals surface area contributed by atoms with Crippen molar-refractivity contribution in [1.82, 2.24) is 15.0 Å². The lowest BCUT2D eigenvalue weighted by molar-refractivity contribution is 0.931. The first-order valence-corrected chi connectivity index (χ1v) is 24.0. The standard InChI is InChI=1S/C63H49N3S/c1-42-31-33-64-60(35-42)50-22-18-45(19-23-50)13-15-47-36-46(14-12-44-16-20-49(21-17-44)59-30-11-43(2)41-66-59)37-54(38-47)56-8-4-3-7-55(56)48-24-26-51(27-25-48)61-39-53(32-34-65-61)52-28-29-58-57-9-5-6-10-62(57)67-63(58)40-52/h3-11,16-41H,12-15H2,1-2H3. The van der Waals surface area contributed by atoms with E-state index < -0.39 is 0 Å². The van der Waals surface area contributed by atoms with E-state index in [-0.39, 0.29) is 0 Å². The van der Waals surface area contributed by atoms with E-state index in [1.165, 1.54) is 86.9 Å². The van der Waals surface area contributed by atoms with Crippen LogP contribution >= 0.6 is 11.3 Å². The third-order valence-electron chi connectivity index (χ3n) is 13.0. The van der Waals surface area contributed by atoms with E-state index in [4.69, 9.17) is 4.98 Å². The van der Waals surface area contributed by atoms with Gasteiger partial charge in [0.25, 0.3) is 0 Å². The molecule has 0 aliphatic heterocycles. The van der Waals surface area contributed by atoms with Gasteiger partial charge in [0.15, 0.2) is 0 Å². The van der Waals surface area contributed by atoms with E-state index in [9.17, 15) is 0 Å². The van der Waals surface area contributed by atoms with Crippen LogP contribution in [0.3, 0.4) is 0 Å². The Balaban J connectivity index is 0.867. The van der Waals surface area contributed by atoms with E-state index in [2.05, 4.69) is 212 Å². The van der Waals surface area contributed by atoms with Crippen LogP contribution in [0.1, 0.15) is 33.4 Å². The largest absolute Gasteiger partial charge is 0.256 e. The minimum Gasteiger partial charge on any atom is -0.256 e. The minimum absolute atomic E-state index is 0.946. The van der Waals surface area contributed by atoms with Gasteiger partial charge < -0.3 is 0 Å². The Morgan fingerprint density at radius 3 is 1.54 bits per heavy atom. The second kappa shape index (κ2) is 18.6. The third kappa shape index (κ3) is 9.22. The maximum absolute atomic E-state index is 4.84. The van der Waals surface area contributed by atoms with Crippen molar-refractivity contribution in [2.75, 3.05) is 0 Å². The predicted octanol–water partition coefficient (Wildman–Crippen LogP) is 16.4. The Kier molecular flexibility index (Phi) is 11.6. The monoisotopic (exact) mass is 879 g/mol. The summed E-state index contributed by atoms with van der Waals surface area (Å²) in [6.07, 6.45) is 9.56. The lowest BCUT2D eigenvalue weighted by atomic mass is 9.90. The zero-order chi connectivity index (χ0) is 45.1. The fourth-order valence-electron chi connectivity index (χ4n) is 9.28. The molecule has 4 heteroatoms. The molecule has 4 heterocycles. The molecule has 4 aromatic heterocycles. The Morgan fingerprint density at radius 1 is 0.328 bits per heavy atom. The van der Waals surface area contributed by atoms with Gasteiger partial charge in [0.1, 0.15) is 0 Å². The van der Waals surface area contributed by atoms with Crippen molar-refractivity contribution in [1.29, 1.82) is 0 Å². The van der Waals surface area contributed by atoms with Crippen LogP contribution in [-0.4, -0.2) is 15.0 Å². The molecule has 0 N–H and O–H groups in total. The Hall–Kier alpha value is -7.79. The van der Waals surface area contributed by atoms with Crippen molar-refractivity contribution in [3.05, 3.63) is 246 Å². The van der Waals surface area contributed by atoms with E-state index in [1.807, 2.05) is 36.0 Å². The molecule has 11 rings (SSSR count). The lowest BCUT2D eigenvalue weighted by Crippen LogP contribution is -1.98. The molecule has 7 aromatic carbocycles. The van der Waals surface area contributed by atoms with Crippen LogP contribution in [-0.2, 0) is 25.7 Å². The second-order valence-corrected chi connectivity index (χ2v) is 18.8. The summed E-state index contributed by atoms with van der Waals surface area (Å²) in [5.74, 6) is 0. The number of aromatic nitrogens is 3. The first kappa shape index (κ1) is 41.9. The summed E-state index contributed by atoms with van der Waals surface area (Å²) in [6, 6.07) is 71.2. The zero-order valence-corrected chi connectivity index (χ0v) is 38.6. The number of nitrogens with zero attached hydrogens (tertiary/aromatic N) is 3. The highest BCUT2D eigenvalue weighted by Gasteiger charge is 2.13. The molecular formula is C63H49N3S. The van der Waals surface area contributed by atoms with Gasteiger partial charge in [-0.25, -0.2) is 0 Å². The van der Waals surface area contributed by atoms with Crippen molar-refractivity contribution in [3.8, 4) is 67.2 Å². The number of hydrogen-bond donors (Lipinski definition) is 0. The molecule has 3 nitrogen and oxygen atoms in total. The summed E-state index contributed by atoms with van der Waals surface area (Å²) < 4.78 is 2.63. The summed E-state index contributed by atoms with van der Waals surface area (Å²) in [5.41, 5.74) is 21.4. The van der Waals surface area contributed by atoms with Crippen molar-refractivity contribution < 1.29 is 0 Å². The molecular weight excluding hydrogens is 831 g/mol. The number of benzene rings is 7. The first-order valence-electron chi connectivity index (χ1n) is 23.2. The van der Waals surface area contributed by atoms with Crippen LogP contribution in [0.4, 0.5) is 0 Å². The highest BCUT2D eigenvalue weighted by atomic mass is 32.1. The van der Waals surface area contributed by atoms with E-state index in [1.54, 1.807) is 0 Å². The molecule has 0 fully saturated rings. The van der Waals surface area contributed by atoms with Crippen LogP contribution in [0.5, 0.6) is 0 Å². The molecule has 0 amide bonds. The number of rotatable bonds is 12. The average molecular weight is 880 g/mol. The topological polar surface area (TPSA) is 38.7 Å². The normalized spacial score (nSPS) is 11.4. The maximum Gasteiger partial charge on any atom is 0.0708 e. The van der Waals surface area contributed by atoms with Gasteiger partial charge in [-0.1, -0.05) is 152 Å². The van der Waals surface area contributed by atoms with Gasteiger partial charge >= 0.3 is 0 Å². The molecule has 0 saturated heterocycles. The molecule has 322 valence electrons. The summed E-state index contributed by atoms with van der Waals surface area (Å²) in [4.78, 5) is 14.1. The van der Waals surface area contributed by atoms with Crippen molar-refractivity contribution in [3.63, 3.8) is 0 Å². The van der Waals surface area contributed by atoms with Gasteiger partial charge in [0.05, 0.1) is 17.1 Å². The molecule has 0 radical (unpaired) electrons.